The minimum absolute atomic E-state index is 0.0466. The van der Waals surface area contributed by atoms with E-state index in [9.17, 15) is 14.9 Å². The Hall–Kier alpha value is -2.19. The van der Waals surface area contributed by atoms with Gasteiger partial charge in [-0.1, -0.05) is 0 Å². The van der Waals surface area contributed by atoms with E-state index in [1.165, 1.54) is 25.3 Å². The number of nitro benzene ring substituents is 1. The van der Waals surface area contributed by atoms with E-state index >= 15 is 0 Å². The Morgan fingerprint density at radius 1 is 1.48 bits per heavy atom. The number of hydrogen-bond acceptors (Lipinski definition) is 6. The molecule has 0 saturated carbocycles. The van der Waals surface area contributed by atoms with E-state index in [4.69, 9.17) is 15.2 Å². The average Bonchev–Trinajstić information content (AvgIpc) is 2.59. The van der Waals surface area contributed by atoms with Crippen LogP contribution in [-0.2, 0) is 16.1 Å². The van der Waals surface area contributed by atoms with Crippen molar-refractivity contribution in [2.75, 3.05) is 26.9 Å². The van der Waals surface area contributed by atoms with Crippen LogP contribution in [0.25, 0.3) is 0 Å². The number of hydrogen-bond donors (Lipinski definition) is 2. The van der Waals surface area contributed by atoms with Gasteiger partial charge in [0.2, 0.25) is 5.91 Å². The Morgan fingerprint density at radius 3 is 2.74 bits per heavy atom. The number of nitrogens with one attached hydrogen (secondary N) is 1. The van der Waals surface area contributed by atoms with Crippen molar-refractivity contribution in [1.82, 2.24) is 5.32 Å². The molecule has 1 heterocycles. The molecule has 8 nitrogen and oxygen atoms in total. The third kappa shape index (κ3) is 3.77. The molecule has 1 amide bonds. The van der Waals surface area contributed by atoms with Gasteiger partial charge in [-0.05, 0) is 18.9 Å². The summed E-state index contributed by atoms with van der Waals surface area (Å²) >= 11 is 0. The molecule has 8 heteroatoms. The number of nitro groups is 1. The fourth-order valence-corrected chi connectivity index (χ4v) is 2.67. The highest BCUT2D eigenvalue weighted by atomic mass is 16.6. The van der Waals surface area contributed by atoms with Gasteiger partial charge in [-0.15, -0.1) is 0 Å². The van der Waals surface area contributed by atoms with Crippen LogP contribution < -0.4 is 15.8 Å². The largest absolute Gasteiger partial charge is 0.496 e. The summed E-state index contributed by atoms with van der Waals surface area (Å²) in [4.78, 5) is 22.9. The van der Waals surface area contributed by atoms with E-state index in [1.807, 2.05) is 0 Å². The number of nitrogens with two attached hydrogens (primary N) is 1. The van der Waals surface area contributed by atoms with Crippen molar-refractivity contribution < 1.29 is 19.2 Å². The predicted octanol–water partition coefficient (Wildman–Crippen LogP) is 0.975. The van der Waals surface area contributed by atoms with Crippen molar-refractivity contribution in [2.45, 2.75) is 19.4 Å². The molecule has 0 unspecified atom stereocenters. The summed E-state index contributed by atoms with van der Waals surface area (Å²) in [6.45, 7) is 1.40. The molecule has 1 aromatic rings. The van der Waals surface area contributed by atoms with Gasteiger partial charge in [-0.2, -0.15) is 0 Å². The van der Waals surface area contributed by atoms with Gasteiger partial charge in [0.15, 0.2) is 0 Å². The summed E-state index contributed by atoms with van der Waals surface area (Å²) in [5.41, 5.74) is 5.67. The first kappa shape index (κ1) is 17.2. The molecule has 1 aromatic carbocycles. The summed E-state index contributed by atoms with van der Waals surface area (Å²) in [6.07, 6.45) is 1.14. The normalized spacial score (nSPS) is 16.6. The highest BCUT2D eigenvalue weighted by Gasteiger charge is 2.38. The first-order valence-corrected chi connectivity index (χ1v) is 7.40. The van der Waals surface area contributed by atoms with E-state index in [0.29, 0.717) is 37.4 Å². The van der Waals surface area contributed by atoms with Crippen LogP contribution in [0.5, 0.6) is 5.75 Å². The predicted molar refractivity (Wildman–Crippen MR) is 83.0 cm³/mol. The van der Waals surface area contributed by atoms with Crippen molar-refractivity contribution in [3.05, 3.63) is 33.9 Å². The lowest BCUT2D eigenvalue weighted by Gasteiger charge is -2.34. The van der Waals surface area contributed by atoms with Crippen molar-refractivity contribution in [3.63, 3.8) is 0 Å². The van der Waals surface area contributed by atoms with E-state index in [1.54, 1.807) is 0 Å². The lowest BCUT2D eigenvalue weighted by atomic mass is 9.79. The number of methoxy groups -OCH3 is 1. The van der Waals surface area contributed by atoms with Crippen LogP contribution in [0, 0.1) is 15.5 Å². The Morgan fingerprint density at radius 2 is 2.17 bits per heavy atom. The highest BCUT2D eigenvalue weighted by Crippen LogP contribution is 2.30. The van der Waals surface area contributed by atoms with Crippen LogP contribution in [0.4, 0.5) is 5.69 Å². The van der Waals surface area contributed by atoms with Gasteiger partial charge in [0.05, 0.1) is 17.4 Å². The third-order valence-corrected chi connectivity index (χ3v) is 4.24. The van der Waals surface area contributed by atoms with E-state index in [2.05, 4.69) is 5.32 Å². The summed E-state index contributed by atoms with van der Waals surface area (Å²) in [5, 5.41) is 13.7. The zero-order valence-corrected chi connectivity index (χ0v) is 13.0. The standard InChI is InChI=1S/C15H21N3O5/c1-22-13-3-2-12(18(20)21)8-11(13)9-17-14(19)15(10-16)4-6-23-7-5-15/h2-3,8H,4-7,9-10,16H2,1H3,(H,17,19). The number of non-ortho nitro benzene ring substituents is 1. The maximum Gasteiger partial charge on any atom is 0.270 e. The second-order valence-electron chi connectivity index (χ2n) is 5.53. The Kier molecular flexibility index (Phi) is 5.51. The Labute approximate surface area is 134 Å². The van der Waals surface area contributed by atoms with Gasteiger partial charge in [0.1, 0.15) is 5.75 Å². The number of carbonyl (C=O) groups excluding carboxylic acids is 1. The minimum atomic E-state index is -0.633. The summed E-state index contributed by atoms with van der Waals surface area (Å²) in [6, 6.07) is 4.29. The van der Waals surface area contributed by atoms with Gasteiger partial charge in [-0.25, -0.2) is 0 Å². The molecule has 2 rings (SSSR count). The van der Waals surface area contributed by atoms with Crippen LogP contribution in [0.3, 0.4) is 0 Å². The smallest absolute Gasteiger partial charge is 0.270 e. The summed E-state index contributed by atoms with van der Waals surface area (Å²) < 4.78 is 10.5. The third-order valence-electron chi connectivity index (χ3n) is 4.24. The van der Waals surface area contributed by atoms with E-state index in [-0.39, 0.29) is 24.7 Å². The van der Waals surface area contributed by atoms with Gasteiger partial charge < -0.3 is 20.5 Å². The first-order chi connectivity index (χ1) is 11.0. The highest BCUT2D eigenvalue weighted by molar-refractivity contribution is 5.83. The first-order valence-electron chi connectivity index (χ1n) is 7.40. The lowest BCUT2D eigenvalue weighted by molar-refractivity contribution is -0.384. The van der Waals surface area contributed by atoms with Gasteiger partial charge in [-0.3, -0.25) is 14.9 Å². The number of benzene rings is 1. The van der Waals surface area contributed by atoms with Gasteiger partial charge >= 0.3 is 0 Å². The molecule has 23 heavy (non-hydrogen) atoms. The molecule has 126 valence electrons. The molecule has 0 aliphatic carbocycles. The number of ether oxygens (including phenoxy) is 2. The Balaban J connectivity index is 2.11. The molecule has 0 spiro atoms. The molecule has 0 atom stereocenters. The second-order valence-corrected chi connectivity index (χ2v) is 5.53. The number of carbonyl (C=O) groups is 1. The molecular weight excluding hydrogens is 302 g/mol. The number of rotatable bonds is 6. The average molecular weight is 323 g/mol. The SMILES string of the molecule is COc1ccc([N+](=O)[O-])cc1CNC(=O)C1(CN)CCOCC1. The molecule has 1 aliphatic rings. The van der Waals surface area contributed by atoms with Crippen molar-refractivity contribution >= 4 is 11.6 Å². The van der Waals surface area contributed by atoms with Crippen molar-refractivity contribution in [1.29, 1.82) is 0 Å². The number of amides is 1. The summed E-state index contributed by atoms with van der Waals surface area (Å²) in [7, 11) is 1.48. The maximum absolute atomic E-state index is 12.5. The van der Waals surface area contributed by atoms with Crippen molar-refractivity contribution in [2.24, 2.45) is 11.1 Å². The van der Waals surface area contributed by atoms with Crippen LogP contribution in [-0.4, -0.2) is 37.7 Å². The van der Waals surface area contributed by atoms with Crippen molar-refractivity contribution in [3.8, 4) is 5.75 Å². The fraction of sp³-hybridized carbons (Fsp3) is 0.533. The molecule has 1 fully saturated rings. The quantitative estimate of drug-likeness (QED) is 0.595. The fourth-order valence-electron chi connectivity index (χ4n) is 2.67. The molecule has 0 bridgehead atoms. The maximum atomic E-state index is 12.5. The van der Waals surface area contributed by atoms with Crippen LogP contribution in [0.1, 0.15) is 18.4 Å². The Bertz CT molecular complexity index is 584. The zero-order chi connectivity index (χ0) is 16.9. The van der Waals surface area contributed by atoms with Crippen LogP contribution in [0.2, 0.25) is 0 Å². The minimum Gasteiger partial charge on any atom is -0.496 e. The molecular formula is C15H21N3O5. The molecule has 0 aromatic heterocycles. The van der Waals surface area contributed by atoms with Crippen LogP contribution >= 0.6 is 0 Å². The molecule has 3 N–H and O–H groups in total. The van der Waals surface area contributed by atoms with Gasteiger partial charge in [0.25, 0.3) is 5.69 Å². The lowest BCUT2D eigenvalue weighted by Crippen LogP contribution is -2.49. The van der Waals surface area contributed by atoms with E-state index < -0.39 is 10.3 Å². The number of nitrogens with zero attached hydrogens (tertiary/aromatic N) is 1. The molecule has 0 radical (unpaired) electrons. The second kappa shape index (κ2) is 7.38. The monoisotopic (exact) mass is 323 g/mol. The molecule has 1 saturated heterocycles. The van der Waals surface area contributed by atoms with Crippen LogP contribution in [0.15, 0.2) is 18.2 Å². The van der Waals surface area contributed by atoms with Gasteiger partial charge in [0, 0.05) is 44.0 Å². The van der Waals surface area contributed by atoms with E-state index in [0.717, 1.165) is 0 Å². The topological polar surface area (TPSA) is 117 Å². The summed E-state index contributed by atoms with van der Waals surface area (Å²) in [5.74, 6) is 0.335. The molecule has 1 aliphatic heterocycles. The zero-order valence-electron chi connectivity index (χ0n) is 13.0.